The number of nitrogens with zero attached hydrogens (tertiary/aromatic N) is 4. The van der Waals surface area contributed by atoms with E-state index in [1.54, 1.807) is 19.0 Å². The highest BCUT2D eigenvalue weighted by Crippen LogP contribution is 2.31. The van der Waals surface area contributed by atoms with E-state index in [2.05, 4.69) is 30.1 Å². The van der Waals surface area contributed by atoms with E-state index in [1.807, 2.05) is 53.6 Å². The molecule has 0 spiro atoms. The van der Waals surface area contributed by atoms with E-state index in [1.165, 1.54) is 16.9 Å². The molecule has 6 heteroatoms. The van der Waals surface area contributed by atoms with Gasteiger partial charge in [0.05, 0.1) is 17.1 Å². The molecule has 4 rings (SSSR count). The normalized spacial score (nSPS) is 10.9. The van der Waals surface area contributed by atoms with Crippen molar-refractivity contribution in [2.75, 3.05) is 14.1 Å². The first kappa shape index (κ1) is 19.1. The lowest BCUT2D eigenvalue weighted by Gasteiger charge is -2.07. The average Bonchev–Trinajstić information content (AvgIpc) is 3.39. The summed E-state index contributed by atoms with van der Waals surface area (Å²) in [5.41, 5.74) is 5.44. The van der Waals surface area contributed by atoms with Crippen LogP contribution in [0.25, 0.3) is 21.7 Å². The second kappa shape index (κ2) is 8.01. The van der Waals surface area contributed by atoms with Crippen LogP contribution in [0.15, 0.2) is 67.1 Å². The maximum Gasteiger partial charge on any atom is 0.263 e. The molecular formula is C23H22N4OS. The molecule has 0 unspecified atom stereocenters. The standard InChI is InChI=1S/C23H22N4OS/c1-16-14-24-11-9-19(16)15-27-12-10-20(25-27)17-5-4-6-18(13-17)21-7-8-22(29-21)23(28)26(2)3/h4-14H,15H2,1-3H3. The number of amides is 1. The van der Waals surface area contributed by atoms with Gasteiger partial charge in [0, 0.05) is 43.1 Å². The lowest BCUT2D eigenvalue weighted by Crippen LogP contribution is -2.20. The Morgan fingerprint density at radius 1 is 1.10 bits per heavy atom. The minimum absolute atomic E-state index is 0.0301. The fourth-order valence-corrected chi connectivity index (χ4v) is 4.14. The van der Waals surface area contributed by atoms with E-state index in [0.717, 1.165) is 38.7 Å². The van der Waals surface area contributed by atoms with Crippen molar-refractivity contribution in [3.05, 3.63) is 83.1 Å². The summed E-state index contributed by atoms with van der Waals surface area (Å²) < 4.78 is 1.95. The minimum Gasteiger partial charge on any atom is -0.344 e. The van der Waals surface area contributed by atoms with Gasteiger partial charge in [-0.25, -0.2) is 0 Å². The van der Waals surface area contributed by atoms with Gasteiger partial charge < -0.3 is 4.90 Å². The third kappa shape index (κ3) is 4.12. The molecule has 3 aromatic heterocycles. The predicted octanol–water partition coefficient (Wildman–Crippen LogP) is 4.73. The molecule has 0 saturated carbocycles. The van der Waals surface area contributed by atoms with Crippen LogP contribution in [0.3, 0.4) is 0 Å². The number of carbonyl (C=O) groups is 1. The van der Waals surface area contributed by atoms with Gasteiger partial charge in [0.1, 0.15) is 0 Å². The molecule has 5 nitrogen and oxygen atoms in total. The number of pyridine rings is 1. The molecule has 0 fully saturated rings. The summed E-state index contributed by atoms with van der Waals surface area (Å²) in [6.45, 7) is 2.78. The van der Waals surface area contributed by atoms with Gasteiger partial charge in [-0.15, -0.1) is 11.3 Å². The lowest BCUT2D eigenvalue weighted by atomic mass is 10.1. The fourth-order valence-electron chi connectivity index (χ4n) is 3.12. The van der Waals surface area contributed by atoms with Crippen molar-refractivity contribution < 1.29 is 4.79 Å². The summed E-state index contributed by atoms with van der Waals surface area (Å²) >= 11 is 1.51. The number of rotatable bonds is 5. The molecule has 0 aliphatic heterocycles. The Labute approximate surface area is 174 Å². The lowest BCUT2D eigenvalue weighted by molar-refractivity contribution is 0.0832. The van der Waals surface area contributed by atoms with Crippen molar-refractivity contribution in [2.24, 2.45) is 0 Å². The zero-order valence-electron chi connectivity index (χ0n) is 16.7. The first-order chi connectivity index (χ1) is 14.0. The van der Waals surface area contributed by atoms with E-state index in [9.17, 15) is 4.79 Å². The van der Waals surface area contributed by atoms with Crippen LogP contribution in [-0.2, 0) is 6.54 Å². The summed E-state index contributed by atoms with van der Waals surface area (Å²) in [5, 5.41) is 4.75. The Morgan fingerprint density at radius 3 is 2.72 bits per heavy atom. The van der Waals surface area contributed by atoms with Gasteiger partial charge >= 0.3 is 0 Å². The van der Waals surface area contributed by atoms with Crippen LogP contribution in [-0.4, -0.2) is 39.7 Å². The molecule has 0 radical (unpaired) electrons. The highest BCUT2D eigenvalue weighted by atomic mass is 32.1. The van der Waals surface area contributed by atoms with Crippen molar-refractivity contribution in [1.29, 1.82) is 0 Å². The summed E-state index contributed by atoms with van der Waals surface area (Å²) in [4.78, 5) is 19.7. The van der Waals surface area contributed by atoms with E-state index >= 15 is 0 Å². The smallest absolute Gasteiger partial charge is 0.263 e. The van der Waals surface area contributed by atoms with Crippen LogP contribution < -0.4 is 0 Å². The van der Waals surface area contributed by atoms with Crippen LogP contribution in [0.2, 0.25) is 0 Å². The van der Waals surface area contributed by atoms with E-state index < -0.39 is 0 Å². The Bertz CT molecular complexity index is 1160. The fraction of sp³-hybridized carbons (Fsp3) is 0.174. The van der Waals surface area contributed by atoms with Crippen LogP contribution in [0.1, 0.15) is 20.8 Å². The second-order valence-electron chi connectivity index (χ2n) is 7.14. The van der Waals surface area contributed by atoms with Crippen LogP contribution in [0.4, 0.5) is 0 Å². The van der Waals surface area contributed by atoms with E-state index in [0.29, 0.717) is 0 Å². The quantitative estimate of drug-likeness (QED) is 0.485. The Balaban J connectivity index is 1.58. The Morgan fingerprint density at radius 2 is 1.93 bits per heavy atom. The third-order valence-corrected chi connectivity index (χ3v) is 5.90. The van der Waals surface area contributed by atoms with Crippen LogP contribution >= 0.6 is 11.3 Å². The molecule has 3 heterocycles. The molecule has 0 aliphatic carbocycles. The van der Waals surface area contributed by atoms with Gasteiger partial charge in [-0.3, -0.25) is 14.5 Å². The monoisotopic (exact) mass is 402 g/mol. The first-order valence-corrected chi connectivity index (χ1v) is 10.2. The molecule has 29 heavy (non-hydrogen) atoms. The summed E-state index contributed by atoms with van der Waals surface area (Å²) in [6.07, 6.45) is 5.69. The van der Waals surface area contributed by atoms with Crippen molar-refractivity contribution in [2.45, 2.75) is 13.5 Å². The zero-order chi connectivity index (χ0) is 20.4. The highest BCUT2D eigenvalue weighted by molar-refractivity contribution is 7.17. The maximum atomic E-state index is 12.2. The number of aryl methyl sites for hydroxylation is 1. The van der Waals surface area contributed by atoms with Gasteiger partial charge in [-0.2, -0.15) is 5.10 Å². The zero-order valence-corrected chi connectivity index (χ0v) is 17.5. The van der Waals surface area contributed by atoms with E-state index in [-0.39, 0.29) is 5.91 Å². The maximum absolute atomic E-state index is 12.2. The molecule has 0 bridgehead atoms. The number of carbonyl (C=O) groups excluding carboxylic acids is 1. The van der Waals surface area contributed by atoms with Crippen molar-refractivity contribution >= 4 is 17.2 Å². The predicted molar refractivity (Wildman–Crippen MR) is 117 cm³/mol. The molecule has 0 atom stereocenters. The minimum atomic E-state index is 0.0301. The van der Waals surface area contributed by atoms with Crippen LogP contribution in [0, 0.1) is 6.92 Å². The number of aromatic nitrogens is 3. The average molecular weight is 403 g/mol. The van der Waals surface area contributed by atoms with Crippen molar-refractivity contribution in [3.63, 3.8) is 0 Å². The van der Waals surface area contributed by atoms with Gasteiger partial charge in [0.25, 0.3) is 5.91 Å². The summed E-state index contributed by atoms with van der Waals surface area (Å²) in [6, 6.07) is 16.2. The number of thiophene rings is 1. The highest BCUT2D eigenvalue weighted by Gasteiger charge is 2.13. The third-order valence-electron chi connectivity index (χ3n) is 4.78. The molecule has 1 amide bonds. The Kier molecular flexibility index (Phi) is 5.27. The summed E-state index contributed by atoms with van der Waals surface area (Å²) in [5.74, 6) is 0.0301. The van der Waals surface area contributed by atoms with Crippen LogP contribution in [0.5, 0.6) is 0 Å². The summed E-state index contributed by atoms with van der Waals surface area (Å²) in [7, 11) is 3.54. The Hall–Kier alpha value is -3.25. The van der Waals surface area contributed by atoms with Gasteiger partial charge in [0.2, 0.25) is 0 Å². The molecule has 0 aliphatic rings. The number of benzene rings is 1. The topological polar surface area (TPSA) is 51.0 Å². The number of hydrogen-bond acceptors (Lipinski definition) is 4. The number of hydrogen-bond donors (Lipinski definition) is 0. The second-order valence-corrected chi connectivity index (χ2v) is 8.23. The first-order valence-electron chi connectivity index (χ1n) is 9.36. The van der Waals surface area contributed by atoms with E-state index in [4.69, 9.17) is 5.10 Å². The van der Waals surface area contributed by atoms with Crippen molar-refractivity contribution in [3.8, 4) is 21.7 Å². The largest absolute Gasteiger partial charge is 0.344 e. The molecule has 1 aromatic carbocycles. The molecule has 0 N–H and O–H groups in total. The molecule has 146 valence electrons. The SMILES string of the molecule is Cc1cnccc1Cn1ccc(-c2cccc(-c3ccc(C(=O)N(C)C)s3)c2)n1. The molecule has 4 aromatic rings. The molecule has 0 saturated heterocycles. The van der Waals surface area contributed by atoms with Crippen molar-refractivity contribution in [1.82, 2.24) is 19.7 Å². The van der Waals surface area contributed by atoms with Gasteiger partial charge in [-0.1, -0.05) is 18.2 Å². The molecular weight excluding hydrogens is 380 g/mol. The van der Waals surface area contributed by atoms with Gasteiger partial charge in [0.15, 0.2) is 0 Å². The van der Waals surface area contributed by atoms with Gasteiger partial charge in [-0.05, 0) is 53.9 Å².